The van der Waals surface area contributed by atoms with Crippen LogP contribution in [0.15, 0.2) is 48.5 Å². The number of aromatic amines is 1. The number of halogens is 1. The summed E-state index contributed by atoms with van der Waals surface area (Å²) in [6.45, 7) is 4.76. The van der Waals surface area contributed by atoms with Gasteiger partial charge < -0.3 is 9.64 Å². The fraction of sp³-hybridized carbons (Fsp3) is 0.261. The molecule has 0 atom stereocenters. The van der Waals surface area contributed by atoms with Crippen molar-refractivity contribution in [1.29, 1.82) is 5.26 Å². The number of carbonyl (C=O) groups excluding carboxylic acids is 1. The van der Waals surface area contributed by atoms with Gasteiger partial charge >= 0.3 is 0 Å². The molecule has 1 amide bonds. The lowest BCUT2D eigenvalue weighted by molar-refractivity contribution is -0.331. The van der Waals surface area contributed by atoms with Crippen LogP contribution in [0.2, 0.25) is 0 Å². The summed E-state index contributed by atoms with van der Waals surface area (Å²) in [5.41, 5.74) is 1.94. The minimum Gasteiger partial charge on any atom is -0.494 e. The van der Waals surface area contributed by atoms with Gasteiger partial charge in [0, 0.05) is 10.9 Å². The Hall–Kier alpha value is -3.66. The normalized spacial score (nSPS) is 13.9. The number of benzene rings is 2. The number of piperazine rings is 1. The lowest BCUT2D eigenvalue weighted by Gasteiger charge is -2.31. The first-order chi connectivity index (χ1) is 14.6. The first-order valence-corrected chi connectivity index (χ1v) is 9.92. The number of H-pyrrole nitrogens is 1. The average molecular weight is 405 g/mol. The zero-order valence-corrected chi connectivity index (χ0v) is 16.7. The second-order valence-corrected chi connectivity index (χ2v) is 7.11. The molecule has 3 aromatic rings. The molecule has 2 heterocycles. The van der Waals surface area contributed by atoms with Crippen LogP contribution < -0.4 is 14.6 Å². The van der Waals surface area contributed by atoms with Crippen molar-refractivity contribution in [2.24, 2.45) is 0 Å². The average Bonchev–Trinajstić information content (AvgIpc) is 2.78. The molecule has 0 spiro atoms. The Labute approximate surface area is 174 Å². The standard InChI is InChI=1S/C23H21FN4O2/c1-2-30-20-7-8-21-17(14-20)13-18(15-25)22(26-21)27-9-11-28(12-10-27)23(29)16-3-5-19(24)6-4-16/h3-8,13-14H,2,9-12H2,1H3/p+1. The summed E-state index contributed by atoms with van der Waals surface area (Å²) in [4.78, 5) is 19.9. The van der Waals surface area contributed by atoms with E-state index in [4.69, 9.17) is 4.74 Å². The Morgan fingerprint density at radius 2 is 1.87 bits per heavy atom. The van der Waals surface area contributed by atoms with Crippen molar-refractivity contribution in [2.75, 3.05) is 37.7 Å². The molecular formula is C23H22FN4O2+. The van der Waals surface area contributed by atoms with Crippen LogP contribution in [0, 0.1) is 17.1 Å². The molecule has 1 N–H and O–H groups in total. The Bertz CT molecular complexity index is 1120. The number of amides is 1. The van der Waals surface area contributed by atoms with E-state index in [1.54, 1.807) is 4.90 Å². The van der Waals surface area contributed by atoms with Crippen LogP contribution in [-0.2, 0) is 0 Å². The Morgan fingerprint density at radius 3 is 2.53 bits per heavy atom. The second kappa shape index (κ2) is 8.37. The van der Waals surface area contributed by atoms with E-state index in [1.165, 1.54) is 24.3 Å². The molecule has 0 unspecified atom stereocenters. The van der Waals surface area contributed by atoms with Crippen molar-refractivity contribution < 1.29 is 18.9 Å². The number of anilines is 1. The summed E-state index contributed by atoms with van der Waals surface area (Å²) in [6, 6.07) is 15.5. The number of nitrogens with one attached hydrogen (secondary N) is 1. The zero-order valence-electron chi connectivity index (χ0n) is 16.7. The van der Waals surface area contributed by atoms with Crippen molar-refractivity contribution in [2.45, 2.75) is 6.92 Å². The lowest BCUT2D eigenvalue weighted by atomic mass is 10.1. The van der Waals surface area contributed by atoms with Gasteiger partial charge in [0.05, 0.1) is 19.7 Å². The monoisotopic (exact) mass is 405 g/mol. The molecule has 2 aromatic carbocycles. The summed E-state index contributed by atoms with van der Waals surface area (Å²) >= 11 is 0. The number of ether oxygens (including phenoxy) is 1. The molecule has 1 aliphatic heterocycles. The van der Waals surface area contributed by atoms with Gasteiger partial charge in [0.1, 0.15) is 41.8 Å². The van der Waals surface area contributed by atoms with Gasteiger partial charge in [-0.1, -0.05) is 0 Å². The van der Waals surface area contributed by atoms with E-state index in [0.29, 0.717) is 43.9 Å². The number of hydrogen-bond acceptors (Lipinski definition) is 4. The Kier molecular flexibility index (Phi) is 5.48. The number of fused-ring (bicyclic) bond motifs is 1. The predicted molar refractivity (Wildman–Crippen MR) is 111 cm³/mol. The smallest absolute Gasteiger partial charge is 0.293 e. The quantitative estimate of drug-likeness (QED) is 0.669. The van der Waals surface area contributed by atoms with Crippen LogP contribution in [0.4, 0.5) is 10.2 Å². The fourth-order valence-electron chi connectivity index (χ4n) is 3.69. The highest BCUT2D eigenvalue weighted by Crippen LogP contribution is 2.24. The topological polar surface area (TPSA) is 70.7 Å². The van der Waals surface area contributed by atoms with E-state index in [2.05, 4.69) is 16.0 Å². The number of hydrogen-bond donors (Lipinski definition) is 0. The maximum atomic E-state index is 13.1. The second-order valence-electron chi connectivity index (χ2n) is 7.11. The Morgan fingerprint density at radius 1 is 1.13 bits per heavy atom. The molecule has 1 saturated heterocycles. The van der Waals surface area contributed by atoms with Crippen molar-refractivity contribution in [1.82, 2.24) is 4.90 Å². The summed E-state index contributed by atoms with van der Waals surface area (Å²) in [6.07, 6.45) is 0. The highest BCUT2D eigenvalue weighted by Gasteiger charge is 2.29. The molecular weight excluding hydrogens is 383 g/mol. The van der Waals surface area contributed by atoms with Crippen molar-refractivity contribution in [3.63, 3.8) is 0 Å². The summed E-state index contributed by atoms with van der Waals surface area (Å²) in [5, 5.41) is 10.6. The molecule has 1 aromatic heterocycles. The minimum atomic E-state index is -0.361. The molecule has 0 radical (unpaired) electrons. The van der Waals surface area contributed by atoms with E-state index in [0.717, 1.165) is 22.5 Å². The van der Waals surface area contributed by atoms with E-state index in [1.807, 2.05) is 31.2 Å². The number of nitriles is 1. The molecule has 1 aliphatic rings. The first-order valence-electron chi connectivity index (χ1n) is 9.92. The highest BCUT2D eigenvalue weighted by atomic mass is 19.1. The van der Waals surface area contributed by atoms with Gasteiger partial charge in [-0.3, -0.25) is 9.69 Å². The van der Waals surface area contributed by atoms with Crippen LogP contribution in [0.5, 0.6) is 5.75 Å². The largest absolute Gasteiger partial charge is 0.494 e. The van der Waals surface area contributed by atoms with Crippen molar-refractivity contribution >= 4 is 22.6 Å². The lowest BCUT2D eigenvalue weighted by Crippen LogP contribution is -2.50. The SMILES string of the molecule is CCOc1ccc2[nH+]c(N3CCN(C(=O)c4ccc(F)cc4)CC3)c(C#N)cc2c1. The highest BCUT2D eigenvalue weighted by molar-refractivity contribution is 5.94. The molecule has 0 aliphatic carbocycles. The van der Waals surface area contributed by atoms with Crippen molar-refractivity contribution in [3.8, 4) is 11.8 Å². The number of nitrogens with zero attached hydrogens (tertiary/aromatic N) is 3. The third-order valence-electron chi connectivity index (χ3n) is 5.24. The van der Waals surface area contributed by atoms with Gasteiger partial charge in [-0.15, -0.1) is 0 Å². The molecule has 4 rings (SSSR count). The van der Waals surface area contributed by atoms with Gasteiger partial charge in [-0.2, -0.15) is 5.26 Å². The van der Waals surface area contributed by atoms with Gasteiger partial charge in [-0.05, 0) is 55.5 Å². The molecule has 0 bridgehead atoms. The van der Waals surface area contributed by atoms with E-state index >= 15 is 0 Å². The van der Waals surface area contributed by atoms with E-state index < -0.39 is 0 Å². The molecule has 7 heteroatoms. The van der Waals surface area contributed by atoms with Crippen LogP contribution in [0.1, 0.15) is 22.8 Å². The number of aromatic nitrogens is 1. The number of pyridine rings is 1. The fourth-order valence-corrected chi connectivity index (χ4v) is 3.69. The Balaban J connectivity index is 1.52. The van der Waals surface area contributed by atoms with Crippen molar-refractivity contribution in [3.05, 3.63) is 65.5 Å². The maximum absolute atomic E-state index is 13.1. The maximum Gasteiger partial charge on any atom is 0.293 e. The number of rotatable bonds is 4. The number of carbonyl (C=O) groups is 1. The van der Waals surface area contributed by atoms with Gasteiger partial charge in [0.15, 0.2) is 0 Å². The third kappa shape index (κ3) is 3.90. The van der Waals surface area contributed by atoms with Gasteiger partial charge in [0.2, 0.25) is 0 Å². The third-order valence-corrected chi connectivity index (χ3v) is 5.24. The summed E-state index contributed by atoms with van der Waals surface area (Å²) in [7, 11) is 0. The van der Waals surface area contributed by atoms with E-state index in [9.17, 15) is 14.4 Å². The predicted octanol–water partition coefficient (Wildman–Crippen LogP) is 3.03. The minimum absolute atomic E-state index is 0.110. The molecule has 152 valence electrons. The first kappa shape index (κ1) is 19.6. The summed E-state index contributed by atoms with van der Waals surface area (Å²) < 4.78 is 18.7. The molecule has 6 nitrogen and oxygen atoms in total. The summed E-state index contributed by atoms with van der Waals surface area (Å²) in [5.74, 6) is 1.05. The zero-order chi connectivity index (χ0) is 21.1. The van der Waals surface area contributed by atoms with Crippen LogP contribution in [-0.4, -0.2) is 43.6 Å². The van der Waals surface area contributed by atoms with E-state index in [-0.39, 0.29) is 11.7 Å². The van der Waals surface area contributed by atoms with Crippen LogP contribution in [0.25, 0.3) is 10.9 Å². The van der Waals surface area contributed by atoms with Gasteiger partial charge in [0.25, 0.3) is 11.7 Å². The van der Waals surface area contributed by atoms with Crippen LogP contribution in [0.3, 0.4) is 0 Å². The van der Waals surface area contributed by atoms with Gasteiger partial charge in [-0.25, -0.2) is 9.37 Å². The molecule has 0 saturated carbocycles. The van der Waals surface area contributed by atoms with Crippen LogP contribution >= 0.6 is 0 Å². The molecule has 1 fully saturated rings. The molecule has 30 heavy (non-hydrogen) atoms.